The van der Waals surface area contributed by atoms with Crippen LogP contribution in [0.15, 0.2) is 54.6 Å². The highest BCUT2D eigenvalue weighted by Gasteiger charge is 2.31. The Morgan fingerprint density at radius 3 is 2.69 bits per heavy atom. The Kier molecular flexibility index (Phi) is 6.40. The number of nitrogens with zero attached hydrogens (tertiary/aromatic N) is 1. The Morgan fingerprint density at radius 1 is 1.09 bits per heavy atom. The molecule has 2 amide bonds. The van der Waals surface area contributed by atoms with E-state index in [4.69, 9.17) is 0 Å². The molecule has 1 saturated heterocycles. The zero-order chi connectivity index (χ0) is 22.7. The van der Waals surface area contributed by atoms with Gasteiger partial charge in [0.25, 0.3) is 5.91 Å². The number of rotatable bonds is 6. The molecule has 1 aliphatic heterocycles. The third-order valence-corrected chi connectivity index (χ3v) is 5.88. The van der Waals surface area contributed by atoms with Gasteiger partial charge in [-0.1, -0.05) is 44.2 Å². The van der Waals surface area contributed by atoms with Crippen LogP contribution in [0.1, 0.15) is 33.1 Å². The number of aromatic nitrogens is 1. The second-order valence-corrected chi connectivity index (χ2v) is 8.95. The lowest BCUT2D eigenvalue weighted by atomic mass is 9.96. The quantitative estimate of drug-likeness (QED) is 0.559. The van der Waals surface area contributed by atoms with Crippen molar-refractivity contribution in [2.75, 3.05) is 18.4 Å². The molecule has 0 aliphatic carbocycles. The number of anilines is 1. The predicted molar refractivity (Wildman–Crippen MR) is 126 cm³/mol. The van der Waals surface area contributed by atoms with Crippen molar-refractivity contribution in [1.82, 2.24) is 9.88 Å². The van der Waals surface area contributed by atoms with Crippen LogP contribution in [-0.2, 0) is 14.4 Å². The third kappa shape index (κ3) is 4.90. The summed E-state index contributed by atoms with van der Waals surface area (Å²) in [6.07, 6.45) is 1.66. The molecule has 0 radical (unpaired) electrons. The molecule has 4 rings (SSSR count). The molecule has 32 heavy (non-hydrogen) atoms. The van der Waals surface area contributed by atoms with Gasteiger partial charge in [0.1, 0.15) is 0 Å². The van der Waals surface area contributed by atoms with Gasteiger partial charge < -0.3 is 15.2 Å². The van der Waals surface area contributed by atoms with Gasteiger partial charge in [0.15, 0.2) is 0 Å². The molecule has 3 aromatic rings. The van der Waals surface area contributed by atoms with Crippen LogP contribution in [0.3, 0.4) is 0 Å². The number of amides is 2. The van der Waals surface area contributed by atoms with Crippen molar-refractivity contribution < 1.29 is 14.4 Å². The first-order valence-electron chi connectivity index (χ1n) is 11.2. The molecule has 1 atom stereocenters. The van der Waals surface area contributed by atoms with Gasteiger partial charge in [0.05, 0.1) is 5.92 Å². The van der Waals surface area contributed by atoms with Gasteiger partial charge in [-0.15, -0.1) is 0 Å². The molecule has 0 unspecified atom stereocenters. The molecule has 1 fully saturated rings. The highest BCUT2D eigenvalue weighted by molar-refractivity contribution is 6.36. The number of carbonyl (C=O) groups excluding carboxylic acids is 3. The minimum absolute atomic E-state index is 0.118. The fourth-order valence-corrected chi connectivity index (χ4v) is 4.25. The van der Waals surface area contributed by atoms with Gasteiger partial charge in [0, 0.05) is 47.4 Å². The van der Waals surface area contributed by atoms with E-state index in [9.17, 15) is 14.4 Å². The first kappa shape index (κ1) is 21.8. The van der Waals surface area contributed by atoms with Crippen molar-refractivity contribution in [1.29, 1.82) is 0 Å². The molecule has 2 heterocycles. The molecular weight excluding hydrogens is 402 g/mol. The van der Waals surface area contributed by atoms with E-state index < -0.39 is 5.91 Å². The van der Waals surface area contributed by atoms with Gasteiger partial charge in [-0.3, -0.25) is 14.4 Å². The Balaban J connectivity index is 1.43. The molecule has 0 bridgehead atoms. The van der Waals surface area contributed by atoms with Crippen LogP contribution in [0.2, 0.25) is 0 Å². The number of likely N-dealkylation sites (tertiary alicyclic amines) is 1. The number of hydrogen-bond acceptors (Lipinski definition) is 3. The smallest absolute Gasteiger partial charge is 0.289 e. The molecular formula is C26H29N3O3. The number of hydrogen-bond donors (Lipinski definition) is 2. The second-order valence-electron chi connectivity index (χ2n) is 8.95. The maximum atomic E-state index is 12.9. The monoisotopic (exact) mass is 431 g/mol. The van der Waals surface area contributed by atoms with E-state index >= 15 is 0 Å². The van der Waals surface area contributed by atoms with Crippen LogP contribution in [0.5, 0.6) is 0 Å². The summed E-state index contributed by atoms with van der Waals surface area (Å²) in [5.74, 6) is -1.13. The number of para-hydroxylation sites is 1. The van der Waals surface area contributed by atoms with E-state index in [1.54, 1.807) is 4.90 Å². The molecule has 2 N–H and O–H groups in total. The van der Waals surface area contributed by atoms with Crippen LogP contribution in [0.4, 0.5) is 5.69 Å². The van der Waals surface area contributed by atoms with E-state index in [-0.39, 0.29) is 36.5 Å². The average molecular weight is 432 g/mol. The van der Waals surface area contributed by atoms with Crippen LogP contribution in [-0.4, -0.2) is 40.6 Å². The summed E-state index contributed by atoms with van der Waals surface area (Å²) in [6, 6.07) is 17.9. The number of carbonyl (C=O) groups is 3. The van der Waals surface area contributed by atoms with Crippen LogP contribution in [0.25, 0.3) is 22.2 Å². The number of H-pyrrole nitrogens is 1. The van der Waals surface area contributed by atoms with Gasteiger partial charge in [0.2, 0.25) is 11.7 Å². The van der Waals surface area contributed by atoms with Crippen molar-refractivity contribution in [3.05, 3.63) is 54.6 Å². The molecule has 1 aromatic heterocycles. The Bertz CT molecular complexity index is 1110. The Morgan fingerprint density at radius 2 is 1.91 bits per heavy atom. The number of ketones is 1. The maximum absolute atomic E-state index is 12.9. The van der Waals surface area contributed by atoms with Crippen molar-refractivity contribution in [2.45, 2.75) is 33.1 Å². The molecule has 0 spiro atoms. The van der Waals surface area contributed by atoms with Crippen molar-refractivity contribution >= 4 is 34.2 Å². The fraction of sp³-hybridized carbons (Fsp3) is 0.346. The van der Waals surface area contributed by atoms with E-state index in [1.165, 1.54) is 0 Å². The van der Waals surface area contributed by atoms with Crippen molar-refractivity contribution in [3.63, 3.8) is 0 Å². The summed E-state index contributed by atoms with van der Waals surface area (Å²) in [5, 5.41) is 4.14. The first-order valence-corrected chi connectivity index (χ1v) is 11.2. The summed E-state index contributed by atoms with van der Waals surface area (Å²) in [6.45, 7) is 4.65. The maximum Gasteiger partial charge on any atom is 0.289 e. The normalized spacial score (nSPS) is 16.3. The zero-order valence-corrected chi connectivity index (χ0v) is 18.6. The lowest BCUT2D eigenvalue weighted by molar-refractivity contribution is -0.146. The SMILES string of the molecule is CC(C)CC(=O)C(=O)N1CCC[C@@H](C(=O)Nc2cccc(-c3cc4ccccc4[nH]3)c2)C1. The molecule has 6 heteroatoms. The van der Waals surface area contributed by atoms with Crippen molar-refractivity contribution in [3.8, 4) is 11.3 Å². The first-order chi connectivity index (χ1) is 15.4. The van der Waals surface area contributed by atoms with E-state index in [1.807, 2.05) is 56.3 Å². The van der Waals surface area contributed by atoms with E-state index in [2.05, 4.69) is 22.4 Å². The molecule has 2 aromatic carbocycles. The lowest BCUT2D eigenvalue weighted by Gasteiger charge is -2.31. The highest BCUT2D eigenvalue weighted by Crippen LogP contribution is 2.27. The summed E-state index contributed by atoms with van der Waals surface area (Å²) in [4.78, 5) is 42.5. The molecule has 166 valence electrons. The Hall–Kier alpha value is -3.41. The average Bonchev–Trinajstić information content (AvgIpc) is 3.23. The van der Waals surface area contributed by atoms with Crippen LogP contribution in [0, 0.1) is 11.8 Å². The number of piperidine rings is 1. The Labute approximate surface area is 188 Å². The number of nitrogens with one attached hydrogen (secondary N) is 2. The number of fused-ring (bicyclic) bond motifs is 1. The number of benzene rings is 2. The van der Waals surface area contributed by atoms with Crippen LogP contribution >= 0.6 is 0 Å². The molecule has 1 aliphatic rings. The van der Waals surface area contributed by atoms with Gasteiger partial charge >= 0.3 is 0 Å². The second kappa shape index (κ2) is 9.39. The number of aromatic amines is 1. The van der Waals surface area contributed by atoms with Crippen molar-refractivity contribution in [2.24, 2.45) is 11.8 Å². The summed E-state index contributed by atoms with van der Waals surface area (Å²) in [7, 11) is 0. The molecule has 0 saturated carbocycles. The van der Waals surface area contributed by atoms with Gasteiger partial charge in [-0.25, -0.2) is 0 Å². The van der Waals surface area contributed by atoms with Gasteiger partial charge in [-0.05, 0) is 43.0 Å². The fourth-order valence-electron chi connectivity index (χ4n) is 4.25. The highest BCUT2D eigenvalue weighted by atomic mass is 16.2. The summed E-state index contributed by atoms with van der Waals surface area (Å²) < 4.78 is 0. The topological polar surface area (TPSA) is 82.3 Å². The van der Waals surface area contributed by atoms with Crippen LogP contribution < -0.4 is 5.32 Å². The summed E-state index contributed by atoms with van der Waals surface area (Å²) >= 11 is 0. The lowest BCUT2D eigenvalue weighted by Crippen LogP contribution is -2.46. The standard InChI is InChI=1S/C26H29N3O3/c1-17(2)13-24(30)26(32)29-12-6-9-20(16-29)25(31)27-21-10-5-8-18(14-21)23-15-19-7-3-4-11-22(19)28-23/h3-5,7-8,10-11,14-15,17,20,28H,6,9,12-13,16H2,1-2H3,(H,27,31)/t20-/m1/s1. The molecule has 6 nitrogen and oxygen atoms in total. The number of Topliss-reactive ketones (excluding diaryl/α,β-unsaturated/α-hetero) is 1. The largest absolute Gasteiger partial charge is 0.355 e. The minimum Gasteiger partial charge on any atom is -0.355 e. The minimum atomic E-state index is -0.461. The predicted octanol–water partition coefficient (Wildman–Crippen LogP) is 4.63. The van der Waals surface area contributed by atoms with E-state index in [0.29, 0.717) is 25.1 Å². The third-order valence-electron chi connectivity index (χ3n) is 5.88. The summed E-state index contributed by atoms with van der Waals surface area (Å²) in [5.41, 5.74) is 3.75. The van der Waals surface area contributed by atoms with E-state index in [0.717, 1.165) is 22.2 Å². The van der Waals surface area contributed by atoms with Gasteiger partial charge in [-0.2, -0.15) is 0 Å². The zero-order valence-electron chi connectivity index (χ0n) is 18.6.